The molecule has 2 rings (SSSR count). The molecule has 2 aromatic carbocycles. The Morgan fingerprint density at radius 3 is 2.29 bits per heavy atom. The zero-order valence-corrected chi connectivity index (χ0v) is 9.83. The van der Waals surface area contributed by atoms with Crippen molar-refractivity contribution >= 4 is 5.78 Å². The van der Waals surface area contributed by atoms with Crippen molar-refractivity contribution in [3.8, 4) is 0 Å². The van der Waals surface area contributed by atoms with E-state index in [4.69, 9.17) is 0 Å². The highest BCUT2D eigenvalue weighted by molar-refractivity contribution is 6.09. The van der Waals surface area contributed by atoms with Crippen LogP contribution in [0.4, 0.5) is 4.39 Å². The standard InChI is InChI=1S/C15H13FO/c1-10-8-9-13(11(2)14(10)16)15(17)12-6-4-3-5-7-12/h3-9H,1-2H3. The van der Waals surface area contributed by atoms with E-state index in [1.807, 2.05) is 6.07 Å². The fourth-order valence-corrected chi connectivity index (χ4v) is 1.81. The van der Waals surface area contributed by atoms with Gasteiger partial charge in [-0.3, -0.25) is 4.79 Å². The molecule has 0 heterocycles. The van der Waals surface area contributed by atoms with Crippen LogP contribution in [0.1, 0.15) is 27.0 Å². The molecular formula is C15H13FO. The number of halogens is 1. The van der Waals surface area contributed by atoms with E-state index in [2.05, 4.69) is 0 Å². The lowest BCUT2D eigenvalue weighted by atomic mass is 9.97. The Labute approximate surface area is 99.9 Å². The smallest absolute Gasteiger partial charge is 0.193 e. The van der Waals surface area contributed by atoms with E-state index in [9.17, 15) is 9.18 Å². The normalized spacial score (nSPS) is 10.3. The molecule has 0 bridgehead atoms. The second-order valence-electron chi connectivity index (χ2n) is 4.06. The summed E-state index contributed by atoms with van der Waals surface area (Å²) in [6.45, 7) is 3.33. The molecule has 0 saturated carbocycles. The number of rotatable bonds is 2. The van der Waals surface area contributed by atoms with Crippen LogP contribution < -0.4 is 0 Å². The van der Waals surface area contributed by atoms with E-state index in [0.29, 0.717) is 22.3 Å². The lowest BCUT2D eigenvalue weighted by Gasteiger charge is -2.07. The maximum Gasteiger partial charge on any atom is 0.193 e. The van der Waals surface area contributed by atoms with Crippen molar-refractivity contribution in [3.05, 3.63) is 70.5 Å². The Hall–Kier alpha value is -1.96. The second kappa shape index (κ2) is 4.50. The van der Waals surface area contributed by atoms with Gasteiger partial charge in [-0.2, -0.15) is 0 Å². The first kappa shape index (κ1) is 11.5. The molecule has 0 aliphatic heterocycles. The van der Waals surface area contributed by atoms with Crippen molar-refractivity contribution in [2.45, 2.75) is 13.8 Å². The molecule has 0 aromatic heterocycles. The highest BCUT2D eigenvalue weighted by Gasteiger charge is 2.14. The van der Waals surface area contributed by atoms with E-state index in [1.54, 1.807) is 50.2 Å². The van der Waals surface area contributed by atoms with Gasteiger partial charge in [-0.05, 0) is 25.0 Å². The molecule has 1 nitrogen and oxygen atoms in total. The van der Waals surface area contributed by atoms with Gasteiger partial charge in [-0.15, -0.1) is 0 Å². The lowest BCUT2D eigenvalue weighted by Crippen LogP contribution is -2.05. The highest BCUT2D eigenvalue weighted by atomic mass is 19.1. The number of carbonyl (C=O) groups excluding carboxylic acids is 1. The average Bonchev–Trinajstić information content (AvgIpc) is 2.36. The number of hydrogen-bond donors (Lipinski definition) is 0. The zero-order chi connectivity index (χ0) is 12.4. The van der Waals surface area contributed by atoms with Gasteiger partial charge >= 0.3 is 0 Å². The predicted octanol–water partition coefficient (Wildman–Crippen LogP) is 3.67. The van der Waals surface area contributed by atoms with E-state index in [1.165, 1.54) is 0 Å². The van der Waals surface area contributed by atoms with Gasteiger partial charge in [-0.25, -0.2) is 4.39 Å². The third kappa shape index (κ3) is 2.11. The summed E-state index contributed by atoms with van der Waals surface area (Å²) >= 11 is 0. The number of ketones is 1. The summed E-state index contributed by atoms with van der Waals surface area (Å²) in [6, 6.07) is 12.2. The Morgan fingerprint density at radius 2 is 1.65 bits per heavy atom. The number of aryl methyl sites for hydroxylation is 1. The molecule has 0 N–H and O–H groups in total. The van der Waals surface area contributed by atoms with Gasteiger partial charge < -0.3 is 0 Å². The summed E-state index contributed by atoms with van der Waals surface area (Å²) < 4.78 is 13.7. The number of carbonyl (C=O) groups is 1. The van der Waals surface area contributed by atoms with E-state index >= 15 is 0 Å². The van der Waals surface area contributed by atoms with Gasteiger partial charge in [0.2, 0.25) is 0 Å². The van der Waals surface area contributed by atoms with Gasteiger partial charge in [0.15, 0.2) is 5.78 Å². The fourth-order valence-electron chi connectivity index (χ4n) is 1.81. The number of benzene rings is 2. The molecule has 0 saturated heterocycles. The van der Waals surface area contributed by atoms with E-state index < -0.39 is 0 Å². The molecule has 2 aromatic rings. The Balaban J connectivity index is 2.49. The molecule has 0 spiro atoms. The molecule has 0 fully saturated rings. The first-order valence-electron chi connectivity index (χ1n) is 5.46. The van der Waals surface area contributed by atoms with Crippen LogP contribution in [0.25, 0.3) is 0 Å². The summed E-state index contributed by atoms with van der Waals surface area (Å²) in [5.74, 6) is -0.436. The van der Waals surface area contributed by atoms with Crippen molar-refractivity contribution in [3.63, 3.8) is 0 Å². The summed E-state index contributed by atoms with van der Waals surface area (Å²) in [5, 5.41) is 0. The van der Waals surface area contributed by atoms with Crippen LogP contribution in [-0.2, 0) is 0 Å². The molecule has 0 amide bonds. The van der Waals surface area contributed by atoms with Gasteiger partial charge in [0.05, 0.1) is 0 Å². The van der Waals surface area contributed by atoms with Crippen molar-refractivity contribution in [2.24, 2.45) is 0 Å². The first-order valence-corrected chi connectivity index (χ1v) is 5.46. The lowest BCUT2D eigenvalue weighted by molar-refractivity contribution is 0.103. The second-order valence-corrected chi connectivity index (χ2v) is 4.06. The minimum atomic E-state index is -0.299. The van der Waals surface area contributed by atoms with Crippen LogP contribution in [0.2, 0.25) is 0 Å². The van der Waals surface area contributed by atoms with Crippen LogP contribution in [0.3, 0.4) is 0 Å². The molecule has 0 atom stereocenters. The minimum Gasteiger partial charge on any atom is -0.289 e. The zero-order valence-electron chi connectivity index (χ0n) is 9.83. The monoisotopic (exact) mass is 228 g/mol. The quantitative estimate of drug-likeness (QED) is 0.717. The van der Waals surface area contributed by atoms with E-state index in [0.717, 1.165) is 0 Å². The van der Waals surface area contributed by atoms with Crippen LogP contribution in [-0.4, -0.2) is 5.78 Å². The molecule has 0 aliphatic rings. The molecule has 0 radical (unpaired) electrons. The molecule has 0 unspecified atom stereocenters. The van der Waals surface area contributed by atoms with Crippen LogP contribution in [0.5, 0.6) is 0 Å². The highest BCUT2D eigenvalue weighted by Crippen LogP contribution is 2.19. The Kier molecular flexibility index (Phi) is 3.05. The molecule has 2 heteroatoms. The van der Waals surface area contributed by atoms with Crippen molar-refractivity contribution in [2.75, 3.05) is 0 Å². The predicted molar refractivity (Wildman–Crippen MR) is 65.7 cm³/mol. The van der Waals surface area contributed by atoms with Crippen LogP contribution in [0.15, 0.2) is 42.5 Å². The summed E-state index contributed by atoms with van der Waals surface area (Å²) in [5.41, 5.74) is 1.99. The van der Waals surface area contributed by atoms with Gasteiger partial charge in [0.1, 0.15) is 5.82 Å². The third-order valence-corrected chi connectivity index (χ3v) is 2.86. The van der Waals surface area contributed by atoms with E-state index in [-0.39, 0.29) is 11.6 Å². The van der Waals surface area contributed by atoms with Crippen LogP contribution >= 0.6 is 0 Å². The SMILES string of the molecule is Cc1ccc(C(=O)c2ccccc2)c(C)c1F. The van der Waals surface area contributed by atoms with Gasteiger partial charge in [-0.1, -0.05) is 42.5 Å². The molecule has 17 heavy (non-hydrogen) atoms. The van der Waals surface area contributed by atoms with Gasteiger partial charge in [0.25, 0.3) is 0 Å². The number of hydrogen-bond acceptors (Lipinski definition) is 1. The summed E-state index contributed by atoms with van der Waals surface area (Å²) in [6.07, 6.45) is 0. The van der Waals surface area contributed by atoms with Crippen molar-refractivity contribution in [1.82, 2.24) is 0 Å². The third-order valence-electron chi connectivity index (χ3n) is 2.86. The first-order chi connectivity index (χ1) is 8.11. The maximum atomic E-state index is 13.7. The van der Waals surface area contributed by atoms with Gasteiger partial charge in [0, 0.05) is 11.1 Å². The topological polar surface area (TPSA) is 17.1 Å². The van der Waals surface area contributed by atoms with Crippen LogP contribution in [0, 0.1) is 19.7 Å². The maximum absolute atomic E-state index is 13.7. The molecule has 86 valence electrons. The summed E-state index contributed by atoms with van der Waals surface area (Å²) in [4.78, 5) is 12.2. The van der Waals surface area contributed by atoms with Crippen molar-refractivity contribution in [1.29, 1.82) is 0 Å². The molecule has 0 aliphatic carbocycles. The largest absolute Gasteiger partial charge is 0.289 e. The average molecular weight is 228 g/mol. The summed E-state index contributed by atoms with van der Waals surface area (Å²) in [7, 11) is 0. The molecular weight excluding hydrogens is 215 g/mol. The fraction of sp³-hybridized carbons (Fsp3) is 0.133. The minimum absolute atomic E-state index is 0.137. The Bertz CT molecular complexity index is 559. The Morgan fingerprint density at radius 1 is 1.00 bits per heavy atom. The van der Waals surface area contributed by atoms with Crippen molar-refractivity contribution < 1.29 is 9.18 Å².